The first-order chi connectivity index (χ1) is 12.8. The van der Waals surface area contributed by atoms with E-state index in [9.17, 15) is 23.9 Å². The van der Waals surface area contributed by atoms with E-state index in [1.54, 1.807) is 13.8 Å². The maximum Gasteiger partial charge on any atom is 0.326 e. The van der Waals surface area contributed by atoms with E-state index in [-0.39, 0.29) is 17.4 Å². The second-order valence-electron chi connectivity index (χ2n) is 6.07. The fourth-order valence-electron chi connectivity index (χ4n) is 2.21. The van der Waals surface area contributed by atoms with E-state index >= 15 is 0 Å². The van der Waals surface area contributed by atoms with Gasteiger partial charge < -0.3 is 20.2 Å². The van der Waals surface area contributed by atoms with E-state index in [0.717, 1.165) is 0 Å². The van der Waals surface area contributed by atoms with Crippen molar-refractivity contribution >= 4 is 23.9 Å². The maximum absolute atomic E-state index is 13.1. The Morgan fingerprint density at radius 3 is 2.33 bits per heavy atom. The molecule has 1 atom stereocenters. The summed E-state index contributed by atoms with van der Waals surface area (Å²) in [4.78, 5) is 36.1. The van der Waals surface area contributed by atoms with Crippen molar-refractivity contribution in [3.63, 3.8) is 0 Å². The molecule has 2 amide bonds. The summed E-state index contributed by atoms with van der Waals surface area (Å²) >= 11 is 0. The molecule has 0 radical (unpaired) electrons. The lowest BCUT2D eigenvalue weighted by Crippen LogP contribution is -2.47. The lowest BCUT2D eigenvalue weighted by atomic mass is 10.0. The van der Waals surface area contributed by atoms with Crippen molar-refractivity contribution in [2.75, 3.05) is 0 Å². The Morgan fingerprint density at radius 2 is 1.81 bits per heavy atom. The predicted molar refractivity (Wildman–Crippen MR) is 95.0 cm³/mol. The minimum atomic E-state index is -1.20. The molecule has 0 aliphatic rings. The van der Waals surface area contributed by atoms with Gasteiger partial charge in [0.2, 0.25) is 0 Å². The van der Waals surface area contributed by atoms with Crippen LogP contribution in [0.2, 0.25) is 0 Å². The van der Waals surface area contributed by atoms with E-state index in [0.29, 0.717) is 5.56 Å². The monoisotopic (exact) mass is 374 g/mol. The molecule has 0 aliphatic carbocycles. The van der Waals surface area contributed by atoms with Crippen LogP contribution < -0.4 is 10.6 Å². The van der Waals surface area contributed by atoms with Gasteiger partial charge in [-0.1, -0.05) is 26.0 Å². The summed E-state index contributed by atoms with van der Waals surface area (Å²) < 4.78 is 18.1. The number of halogens is 1. The molecule has 7 nitrogen and oxygen atoms in total. The molecule has 0 bridgehead atoms. The molecular weight excluding hydrogens is 355 g/mol. The summed E-state index contributed by atoms with van der Waals surface area (Å²) in [5.41, 5.74) is 0.243. The Morgan fingerprint density at radius 1 is 1.15 bits per heavy atom. The van der Waals surface area contributed by atoms with E-state index in [4.69, 9.17) is 4.42 Å². The van der Waals surface area contributed by atoms with Gasteiger partial charge in [0, 0.05) is 0 Å². The lowest BCUT2D eigenvalue weighted by molar-refractivity contribution is -0.142. The number of carbonyl (C=O) groups is 3. The standard InChI is InChI=1S/C19H19FN2O5/c1-11(2)16(19(25)26)22-17(23)14(10-12-5-7-13(20)8-6-12)21-18(24)15-4-3-9-27-15/h3-11,16H,1-2H3,(H,21,24)(H,22,23)(H,25,26)/b14-10+/t16-/m0/s1. The average Bonchev–Trinajstić information content (AvgIpc) is 3.14. The zero-order chi connectivity index (χ0) is 20.0. The number of carboxylic acid groups (broad SMARTS) is 1. The van der Waals surface area contributed by atoms with Crippen molar-refractivity contribution in [3.05, 3.63) is 65.5 Å². The summed E-state index contributed by atoms with van der Waals surface area (Å²) in [6.07, 6.45) is 2.62. The summed E-state index contributed by atoms with van der Waals surface area (Å²) in [5.74, 6) is -3.52. The van der Waals surface area contributed by atoms with E-state index in [2.05, 4.69) is 10.6 Å². The molecule has 0 aliphatic heterocycles. The summed E-state index contributed by atoms with van der Waals surface area (Å²) in [6.45, 7) is 3.29. The van der Waals surface area contributed by atoms with E-state index in [1.165, 1.54) is 48.7 Å². The highest BCUT2D eigenvalue weighted by Gasteiger charge is 2.26. The molecule has 0 saturated heterocycles. The van der Waals surface area contributed by atoms with Crippen molar-refractivity contribution in [1.82, 2.24) is 10.6 Å². The highest BCUT2D eigenvalue weighted by atomic mass is 19.1. The molecule has 2 aromatic rings. The first kappa shape index (κ1) is 19.9. The minimum absolute atomic E-state index is 0.0218. The minimum Gasteiger partial charge on any atom is -0.480 e. The predicted octanol–water partition coefficient (Wildman–Crippen LogP) is 2.42. The smallest absolute Gasteiger partial charge is 0.326 e. The quantitative estimate of drug-likeness (QED) is 0.645. The Labute approximate surface area is 154 Å². The third-order valence-corrected chi connectivity index (χ3v) is 3.64. The largest absolute Gasteiger partial charge is 0.480 e. The second-order valence-corrected chi connectivity index (χ2v) is 6.07. The number of nitrogens with one attached hydrogen (secondary N) is 2. The van der Waals surface area contributed by atoms with E-state index < -0.39 is 29.6 Å². The first-order valence-electron chi connectivity index (χ1n) is 8.13. The van der Waals surface area contributed by atoms with Crippen molar-refractivity contribution < 1.29 is 28.3 Å². The number of hydrogen-bond acceptors (Lipinski definition) is 4. The van der Waals surface area contributed by atoms with Crippen LogP contribution in [0.4, 0.5) is 4.39 Å². The number of carboxylic acids is 1. The van der Waals surface area contributed by atoms with Gasteiger partial charge in [-0.3, -0.25) is 9.59 Å². The topological polar surface area (TPSA) is 109 Å². The molecule has 3 N–H and O–H groups in total. The van der Waals surface area contributed by atoms with Crippen LogP contribution in [0.25, 0.3) is 6.08 Å². The van der Waals surface area contributed by atoms with Crippen LogP contribution in [0.3, 0.4) is 0 Å². The molecule has 2 rings (SSSR count). The van der Waals surface area contributed by atoms with Crippen LogP contribution >= 0.6 is 0 Å². The number of hydrogen-bond donors (Lipinski definition) is 3. The molecule has 142 valence electrons. The normalized spacial score (nSPS) is 12.5. The third kappa shape index (κ3) is 5.53. The fraction of sp³-hybridized carbons (Fsp3) is 0.211. The second kappa shape index (κ2) is 8.79. The highest BCUT2D eigenvalue weighted by molar-refractivity contribution is 6.05. The SMILES string of the molecule is CC(C)[C@H](NC(=O)/C(=C\c1ccc(F)cc1)NC(=O)c1ccco1)C(=O)O. The Hall–Kier alpha value is -3.42. The van der Waals surface area contributed by atoms with Gasteiger partial charge in [0.25, 0.3) is 11.8 Å². The molecule has 8 heteroatoms. The average molecular weight is 374 g/mol. The Balaban J connectivity index is 2.30. The van der Waals surface area contributed by atoms with Crippen molar-refractivity contribution in [3.8, 4) is 0 Å². The molecule has 0 fully saturated rings. The maximum atomic E-state index is 13.1. The van der Waals surface area contributed by atoms with Crippen LogP contribution in [0, 0.1) is 11.7 Å². The van der Waals surface area contributed by atoms with Crippen molar-refractivity contribution in [1.29, 1.82) is 0 Å². The lowest BCUT2D eigenvalue weighted by Gasteiger charge is -2.19. The van der Waals surface area contributed by atoms with Gasteiger partial charge in [-0.05, 0) is 41.8 Å². The van der Waals surface area contributed by atoms with Gasteiger partial charge in [-0.2, -0.15) is 0 Å². The molecule has 1 aromatic carbocycles. The van der Waals surface area contributed by atoms with E-state index in [1.807, 2.05) is 0 Å². The summed E-state index contributed by atoms with van der Waals surface area (Å²) in [7, 11) is 0. The fourth-order valence-corrected chi connectivity index (χ4v) is 2.21. The summed E-state index contributed by atoms with van der Waals surface area (Å²) in [5, 5.41) is 14.0. The Kier molecular flexibility index (Phi) is 6.48. The van der Waals surface area contributed by atoms with Gasteiger partial charge in [0.05, 0.1) is 6.26 Å². The van der Waals surface area contributed by atoms with Gasteiger partial charge in [0.15, 0.2) is 5.76 Å². The molecule has 0 spiro atoms. The van der Waals surface area contributed by atoms with Crippen LogP contribution in [-0.4, -0.2) is 28.9 Å². The number of amides is 2. The molecule has 0 unspecified atom stereocenters. The van der Waals surface area contributed by atoms with Gasteiger partial charge in [-0.15, -0.1) is 0 Å². The number of carbonyl (C=O) groups excluding carboxylic acids is 2. The zero-order valence-electron chi connectivity index (χ0n) is 14.7. The number of furan rings is 1. The molecular formula is C19H19FN2O5. The molecule has 0 saturated carbocycles. The number of benzene rings is 1. The summed E-state index contributed by atoms with van der Waals surface area (Å²) in [6, 6.07) is 7.01. The molecule has 1 heterocycles. The number of aliphatic carboxylic acids is 1. The van der Waals surface area contributed by atoms with Crippen molar-refractivity contribution in [2.24, 2.45) is 5.92 Å². The van der Waals surface area contributed by atoms with Crippen LogP contribution in [0.15, 0.2) is 52.8 Å². The third-order valence-electron chi connectivity index (χ3n) is 3.64. The van der Waals surface area contributed by atoms with Crippen LogP contribution in [0.1, 0.15) is 30.0 Å². The van der Waals surface area contributed by atoms with Gasteiger partial charge in [-0.25, -0.2) is 9.18 Å². The Bertz CT molecular complexity index is 841. The van der Waals surface area contributed by atoms with Gasteiger partial charge in [0.1, 0.15) is 17.6 Å². The van der Waals surface area contributed by atoms with Crippen LogP contribution in [-0.2, 0) is 9.59 Å². The molecule has 27 heavy (non-hydrogen) atoms. The zero-order valence-corrected chi connectivity index (χ0v) is 14.7. The van der Waals surface area contributed by atoms with Crippen molar-refractivity contribution in [2.45, 2.75) is 19.9 Å². The van der Waals surface area contributed by atoms with Crippen LogP contribution in [0.5, 0.6) is 0 Å². The van der Waals surface area contributed by atoms with Gasteiger partial charge >= 0.3 is 5.97 Å². The highest BCUT2D eigenvalue weighted by Crippen LogP contribution is 2.10. The number of rotatable bonds is 7. The first-order valence-corrected chi connectivity index (χ1v) is 8.13. The molecule has 1 aromatic heterocycles.